The number of aliphatic hydroxyl groups is 1. The number of aldehydes is 1. The average Bonchev–Trinajstić information content (AvgIpc) is 2.42. The smallest absolute Gasteiger partial charge is 0.315 e. The molecule has 0 aliphatic heterocycles. The third-order valence-electron chi connectivity index (χ3n) is 4.28. The Morgan fingerprint density at radius 2 is 1.87 bits per heavy atom. The molecule has 0 aliphatic carbocycles. The molecule has 0 aliphatic rings. The third-order valence-corrected chi connectivity index (χ3v) is 8.82. The summed E-state index contributed by atoms with van der Waals surface area (Å²) in [6.07, 6.45) is 1.50. The largest absolute Gasteiger partial charge is 0.465 e. The molecule has 0 rings (SSSR count). The zero-order valence-corrected chi connectivity index (χ0v) is 16.5. The van der Waals surface area contributed by atoms with Crippen molar-refractivity contribution in [3.63, 3.8) is 0 Å². The second-order valence-corrected chi connectivity index (χ2v) is 12.1. The standard InChI is InChI=1S/C17H32O5Si/c1-8-21-16(20)14(11-13(2)12-18)15(19)9-10-22-23(6,7)17(3,4)5/h11-12,14-15,19H,8-10H2,1-7H3/b13-11+. The first-order chi connectivity index (χ1) is 10.5. The van der Waals surface area contributed by atoms with Crippen LogP contribution in [0.1, 0.15) is 41.0 Å². The summed E-state index contributed by atoms with van der Waals surface area (Å²) in [5.41, 5.74) is 0.396. The molecule has 6 heteroatoms. The van der Waals surface area contributed by atoms with Crippen molar-refractivity contribution in [2.24, 2.45) is 5.92 Å². The molecule has 0 aromatic rings. The van der Waals surface area contributed by atoms with Gasteiger partial charge in [-0.25, -0.2) is 0 Å². The zero-order valence-electron chi connectivity index (χ0n) is 15.5. The van der Waals surface area contributed by atoms with Crippen LogP contribution in [0.3, 0.4) is 0 Å². The van der Waals surface area contributed by atoms with Crippen LogP contribution in [0, 0.1) is 5.92 Å². The van der Waals surface area contributed by atoms with Gasteiger partial charge in [0.1, 0.15) is 12.2 Å². The minimum Gasteiger partial charge on any atom is -0.465 e. The van der Waals surface area contributed by atoms with E-state index in [1.165, 1.54) is 6.08 Å². The molecule has 23 heavy (non-hydrogen) atoms. The van der Waals surface area contributed by atoms with Crippen LogP contribution in [-0.2, 0) is 18.8 Å². The number of ether oxygens (including phenoxy) is 1. The molecule has 134 valence electrons. The maximum absolute atomic E-state index is 12.0. The van der Waals surface area contributed by atoms with Gasteiger partial charge in [-0.2, -0.15) is 0 Å². The van der Waals surface area contributed by atoms with Gasteiger partial charge in [0.2, 0.25) is 0 Å². The summed E-state index contributed by atoms with van der Waals surface area (Å²) >= 11 is 0. The monoisotopic (exact) mass is 344 g/mol. The van der Waals surface area contributed by atoms with Gasteiger partial charge in [-0.15, -0.1) is 0 Å². The van der Waals surface area contributed by atoms with Gasteiger partial charge in [-0.05, 0) is 44.0 Å². The number of allylic oxidation sites excluding steroid dienone is 1. The highest BCUT2D eigenvalue weighted by Gasteiger charge is 2.37. The fourth-order valence-electron chi connectivity index (χ4n) is 1.73. The molecule has 0 aromatic carbocycles. The topological polar surface area (TPSA) is 72.8 Å². The Morgan fingerprint density at radius 1 is 1.30 bits per heavy atom. The summed E-state index contributed by atoms with van der Waals surface area (Å²) < 4.78 is 11.0. The number of hydrogen-bond donors (Lipinski definition) is 1. The maximum Gasteiger partial charge on any atom is 0.315 e. The number of carbonyl (C=O) groups is 2. The van der Waals surface area contributed by atoms with E-state index in [2.05, 4.69) is 33.9 Å². The molecule has 2 atom stereocenters. The van der Waals surface area contributed by atoms with Crippen molar-refractivity contribution in [2.75, 3.05) is 13.2 Å². The van der Waals surface area contributed by atoms with Crippen molar-refractivity contribution < 1.29 is 23.9 Å². The summed E-state index contributed by atoms with van der Waals surface area (Å²) in [5, 5.41) is 10.4. The Labute approximate surface area is 141 Å². The van der Waals surface area contributed by atoms with E-state index in [1.54, 1.807) is 13.8 Å². The van der Waals surface area contributed by atoms with Gasteiger partial charge in [0, 0.05) is 6.61 Å². The fraction of sp³-hybridized carbons (Fsp3) is 0.765. The van der Waals surface area contributed by atoms with Crippen LogP contribution < -0.4 is 0 Å². The van der Waals surface area contributed by atoms with Crippen LogP contribution in [0.4, 0.5) is 0 Å². The Kier molecular flexibility index (Phi) is 8.95. The zero-order chi connectivity index (χ0) is 18.3. The summed E-state index contributed by atoms with van der Waals surface area (Å²) in [7, 11) is -1.89. The number of rotatable bonds is 9. The van der Waals surface area contributed by atoms with E-state index in [9.17, 15) is 14.7 Å². The maximum atomic E-state index is 12.0. The summed E-state index contributed by atoms with van der Waals surface area (Å²) in [6, 6.07) is 0. The van der Waals surface area contributed by atoms with E-state index in [1.807, 2.05) is 0 Å². The fourth-order valence-corrected chi connectivity index (χ4v) is 2.79. The van der Waals surface area contributed by atoms with Gasteiger partial charge in [-0.1, -0.05) is 26.8 Å². The van der Waals surface area contributed by atoms with Crippen molar-refractivity contribution in [1.29, 1.82) is 0 Å². The molecule has 0 aromatic heterocycles. The van der Waals surface area contributed by atoms with E-state index >= 15 is 0 Å². The lowest BCUT2D eigenvalue weighted by atomic mass is 9.97. The van der Waals surface area contributed by atoms with Gasteiger partial charge in [0.15, 0.2) is 8.32 Å². The highest BCUT2D eigenvalue weighted by Crippen LogP contribution is 2.36. The molecule has 0 saturated heterocycles. The first-order valence-electron chi connectivity index (χ1n) is 8.08. The molecule has 0 radical (unpaired) electrons. The van der Waals surface area contributed by atoms with Crippen LogP contribution in [0.5, 0.6) is 0 Å². The minimum absolute atomic E-state index is 0.0898. The Bertz CT molecular complexity index is 423. The molecule has 0 amide bonds. The minimum atomic E-state index is -1.89. The van der Waals surface area contributed by atoms with Gasteiger partial charge in [0.05, 0.1) is 12.7 Å². The van der Waals surface area contributed by atoms with E-state index < -0.39 is 26.3 Å². The predicted molar refractivity (Wildman–Crippen MR) is 93.7 cm³/mol. The second kappa shape index (κ2) is 9.35. The van der Waals surface area contributed by atoms with Crippen LogP contribution >= 0.6 is 0 Å². The number of carbonyl (C=O) groups excluding carboxylic acids is 2. The second-order valence-electron chi connectivity index (χ2n) is 7.27. The van der Waals surface area contributed by atoms with Crippen molar-refractivity contribution in [3.05, 3.63) is 11.6 Å². The lowest BCUT2D eigenvalue weighted by molar-refractivity contribution is -0.149. The highest BCUT2D eigenvalue weighted by atomic mass is 28.4. The Morgan fingerprint density at radius 3 is 2.30 bits per heavy atom. The van der Waals surface area contributed by atoms with Crippen LogP contribution in [0.25, 0.3) is 0 Å². The third kappa shape index (κ3) is 7.41. The van der Waals surface area contributed by atoms with Crippen molar-refractivity contribution in [2.45, 2.75) is 65.3 Å². The number of hydrogen-bond acceptors (Lipinski definition) is 5. The van der Waals surface area contributed by atoms with Gasteiger partial charge < -0.3 is 14.3 Å². The predicted octanol–water partition coefficient (Wildman–Crippen LogP) is 3.08. The molecule has 1 N–H and O–H groups in total. The molecule has 5 nitrogen and oxygen atoms in total. The first-order valence-corrected chi connectivity index (χ1v) is 11.0. The Balaban J connectivity index is 4.82. The lowest BCUT2D eigenvalue weighted by Gasteiger charge is -2.36. The molecule has 2 unspecified atom stereocenters. The van der Waals surface area contributed by atoms with Crippen molar-refractivity contribution in [3.8, 4) is 0 Å². The van der Waals surface area contributed by atoms with E-state index in [0.717, 1.165) is 0 Å². The molecule has 0 fully saturated rings. The summed E-state index contributed by atoms with van der Waals surface area (Å²) in [4.78, 5) is 22.8. The van der Waals surface area contributed by atoms with Gasteiger partial charge in [-0.3, -0.25) is 9.59 Å². The Hall–Kier alpha value is -0.983. The quantitative estimate of drug-likeness (QED) is 0.301. The molecular formula is C17H32O5Si. The van der Waals surface area contributed by atoms with E-state index in [0.29, 0.717) is 24.9 Å². The SMILES string of the molecule is CCOC(=O)C(/C=C(\C)C=O)C(O)CCO[Si](C)(C)C(C)(C)C. The van der Waals surface area contributed by atoms with Crippen LogP contribution in [-0.4, -0.2) is 45.0 Å². The molecule has 0 spiro atoms. The van der Waals surface area contributed by atoms with Crippen molar-refractivity contribution in [1.82, 2.24) is 0 Å². The first kappa shape index (κ1) is 22.0. The van der Waals surface area contributed by atoms with Crippen LogP contribution in [0.2, 0.25) is 18.1 Å². The molecule has 0 heterocycles. The number of aliphatic hydroxyl groups excluding tert-OH is 1. The van der Waals surface area contributed by atoms with Crippen molar-refractivity contribution >= 4 is 20.6 Å². The highest BCUT2D eigenvalue weighted by molar-refractivity contribution is 6.74. The van der Waals surface area contributed by atoms with E-state index in [4.69, 9.17) is 9.16 Å². The molecule has 0 saturated carbocycles. The molecular weight excluding hydrogens is 312 g/mol. The molecule has 0 bridgehead atoms. The van der Waals surface area contributed by atoms with E-state index in [-0.39, 0.29) is 11.6 Å². The summed E-state index contributed by atoms with van der Waals surface area (Å²) in [5.74, 6) is -1.36. The van der Waals surface area contributed by atoms with Crippen LogP contribution in [0.15, 0.2) is 11.6 Å². The van der Waals surface area contributed by atoms with Gasteiger partial charge in [0.25, 0.3) is 0 Å². The number of esters is 1. The summed E-state index contributed by atoms with van der Waals surface area (Å²) in [6.45, 7) is 14.6. The lowest BCUT2D eigenvalue weighted by Crippen LogP contribution is -2.41. The van der Waals surface area contributed by atoms with Gasteiger partial charge >= 0.3 is 5.97 Å². The average molecular weight is 345 g/mol. The normalized spacial score (nSPS) is 15.9.